The summed E-state index contributed by atoms with van der Waals surface area (Å²) in [6.07, 6.45) is 3.87. The summed E-state index contributed by atoms with van der Waals surface area (Å²) in [4.78, 5) is 19.6. The minimum absolute atomic E-state index is 0.0425. The molecule has 1 unspecified atom stereocenters. The molecule has 1 aliphatic rings. The standard InChI is InChI=1S/C23H25N3O3/c1-15-22(16(2)29-25-15)18-9-10-21(24-13-18)19-7-5-11-26(14-19)23(27)17-6-4-8-20(12-17)28-3/h4,6,8-10,12-13,19H,5,7,11,14H2,1-3H3. The van der Waals surface area contributed by atoms with Crippen molar-refractivity contribution in [1.29, 1.82) is 0 Å². The average Bonchev–Trinajstić information content (AvgIpc) is 3.11. The second kappa shape index (κ2) is 8.07. The Morgan fingerprint density at radius 1 is 1.24 bits per heavy atom. The Labute approximate surface area is 170 Å². The zero-order valence-corrected chi connectivity index (χ0v) is 17.0. The second-order valence-corrected chi connectivity index (χ2v) is 7.49. The molecule has 150 valence electrons. The fraction of sp³-hybridized carbons (Fsp3) is 0.348. The van der Waals surface area contributed by atoms with Gasteiger partial charge in [0.15, 0.2) is 0 Å². The minimum atomic E-state index is 0.0425. The molecule has 3 aromatic rings. The first-order chi connectivity index (χ1) is 14.1. The van der Waals surface area contributed by atoms with Gasteiger partial charge in [-0.1, -0.05) is 17.3 Å². The number of pyridine rings is 1. The predicted octanol–water partition coefficient (Wildman–Crippen LogP) is 4.38. The first-order valence-corrected chi connectivity index (χ1v) is 9.89. The Balaban J connectivity index is 1.50. The van der Waals surface area contributed by atoms with Crippen LogP contribution in [-0.4, -0.2) is 41.1 Å². The minimum Gasteiger partial charge on any atom is -0.497 e. The van der Waals surface area contributed by atoms with Gasteiger partial charge in [-0.25, -0.2) is 0 Å². The number of nitrogens with zero attached hydrogens (tertiary/aromatic N) is 3. The van der Waals surface area contributed by atoms with Gasteiger partial charge in [0, 0.05) is 47.6 Å². The highest BCUT2D eigenvalue weighted by molar-refractivity contribution is 5.94. The van der Waals surface area contributed by atoms with Gasteiger partial charge in [-0.3, -0.25) is 9.78 Å². The maximum absolute atomic E-state index is 13.0. The van der Waals surface area contributed by atoms with E-state index >= 15 is 0 Å². The average molecular weight is 391 g/mol. The molecule has 3 heterocycles. The third-order valence-corrected chi connectivity index (χ3v) is 5.55. The van der Waals surface area contributed by atoms with Crippen molar-refractivity contribution in [2.24, 2.45) is 0 Å². The molecular weight excluding hydrogens is 366 g/mol. The van der Waals surface area contributed by atoms with Crippen molar-refractivity contribution in [3.8, 4) is 16.9 Å². The Kier molecular flexibility index (Phi) is 5.34. The molecule has 0 spiro atoms. The Bertz CT molecular complexity index is 991. The van der Waals surface area contributed by atoms with E-state index in [1.54, 1.807) is 13.2 Å². The van der Waals surface area contributed by atoms with E-state index in [1.165, 1.54) is 0 Å². The number of carbonyl (C=O) groups is 1. The van der Waals surface area contributed by atoms with Gasteiger partial charge in [-0.05, 0) is 51.0 Å². The van der Waals surface area contributed by atoms with E-state index in [-0.39, 0.29) is 11.8 Å². The number of amides is 1. The van der Waals surface area contributed by atoms with Gasteiger partial charge in [-0.2, -0.15) is 0 Å². The Morgan fingerprint density at radius 3 is 2.79 bits per heavy atom. The van der Waals surface area contributed by atoms with Crippen LogP contribution in [0.2, 0.25) is 0 Å². The van der Waals surface area contributed by atoms with E-state index in [0.717, 1.165) is 47.7 Å². The first-order valence-electron chi connectivity index (χ1n) is 9.89. The molecule has 0 radical (unpaired) electrons. The van der Waals surface area contributed by atoms with E-state index in [9.17, 15) is 4.79 Å². The molecule has 1 atom stereocenters. The van der Waals surface area contributed by atoms with Gasteiger partial charge in [0.2, 0.25) is 0 Å². The third-order valence-electron chi connectivity index (χ3n) is 5.55. The van der Waals surface area contributed by atoms with Crippen LogP contribution in [-0.2, 0) is 0 Å². The van der Waals surface area contributed by atoms with Crippen molar-refractivity contribution < 1.29 is 14.1 Å². The van der Waals surface area contributed by atoms with Crippen molar-refractivity contribution in [2.45, 2.75) is 32.6 Å². The topological polar surface area (TPSA) is 68.5 Å². The molecule has 2 aromatic heterocycles. The molecule has 29 heavy (non-hydrogen) atoms. The highest BCUT2D eigenvalue weighted by atomic mass is 16.5. The Hall–Kier alpha value is -3.15. The SMILES string of the molecule is COc1cccc(C(=O)N2CCCC(c3ccc(-c4c(C)noc4C)cn3)C2)c1. The monoisotopic (exact) mass is 391 g/mol. The van der Waals surface area contributed by atoms with E-state index < -0.39 is 0 Å². The fourth-order valence-electron chi connectivity index (χ4n) is 4.03. The number of ether oxygens (including phenoxy) is 1. The molecule has 1 amide bonds. The summed E-state index contributed by atoms with van der Waals surface area (Å²) in [5, 5.41) is 4.02. The number of piperidine rings is 1. The molecule has 1 aromatic carbocycles. The van der Waals surface area contributed by atoms with Gasteiger partial charge in [0.25, 0.3) is 5.91 Å². The van der Waals surface area contributed by atoms with E-state index in [0.29, 0.717) is 17.9 Å². The van der Waals surface area contributed by atoms with E-state index in [2.05, 4.69) is 17.3 Å². The first kappa shape index (κ1) is 19.2. The lowest BCUT2D eigenvalue weighted by Gasteiger charge is -2.32. The number of carbonyl (C=O) groups excluding carboxylic acids is 1. The number of hydrogen-bond donors (Lipinski definition) is 0. The van der Waals surface area contributed by atoms with Gasteiger partial charge >= 0.3 is 0 Å². The van der Waals surface area contributed by atoms with Gasteiger partial charge in [0.1, 0.15) is 11.5 Å². The molecule has 6 nitrogen and oxygen atoms in total. The van der Waals surface area contributed by atoms with Crippen molar-refractivity contribution >= 4 is 5.91 Å². The summed E-state index contributed by atoms with van der Waals surface area (Å²) in [6.45, 7) is 5.28. The number of benzene rings is 1. The zero-order chi connectivity index (χ0) is 20.4. The quantitative estimate of drug-likeness (QED) is 0.660. The van der Waals surface area contributed by atoms with Crippen LogP contribution in [0, 0.1) is 13.8 Å². The molecule has 1 saturated heterocycles. The van der Waals surface area contributed by atoms with Crippen LogP contribution in [0.25, 0.3) is 11.1 Å². The molecule has 0 aliphatic carbocycles. The van der Waals surface area contributed by atoms with Gasteiger partial charge in [-0.15, -0.1) is 0 Å². The van der Waals surface area contributed by atoms with Crippen LogP contribution < -0.4 is 4.74 Å². The highest BCUT2D eigenvalue weighted by Gasteiger charge is 2.26. The van der Waals surface area contributed by atoms with Crippen LogP contribution in [0.3, 0.4) is 0 Å². The zero-order valence-electron chi connectivity index (χ0n) is 17.0. The summed E-state index contributed by atoms with van der Waals surface area (Å²) in [5.74, 6) is 1.77. The fourth-order valence-corrected chi connectivity index (χ4v) is 4.03. The summed E-state index contributed by atoms with van der Waals surface area (Å²) in [7, 11) is 1.61. The normalized spacial score (nSPS) is 16.7. The molecular formula is C23H25N3O3. The number of likely N-dealkylation sites (tertiary alicyclic amines) is 1. The lowest BCUT2D eigenvalue weighted by molar-refractivity contribution is 0.0705. The maximum Gasteiger partial charge on any atom is 0.254 e. The molecule has 1 aliphatic heterocycles. The second-order valence-electron chi connectivity index (χ2n) is 7.49. The molecule has 0 N–H and O–H groups in total. The van der Waals surface area contributed by atoms with Crippen LogP contribution >= 0.6 is 0 Å². The van der Waals surface area contributed by atoms with E-state index in [1.807, 2.05) is 43.1 Å². The van der Waals surface area contributed by atoms with Crippen molar-refractivity contribution in [1.82, 2.24) is 15.0 Å². The van der Waals surface area contributed by atoms with Crippen LogP contribution in [0.15, 0.2) is 47.1 Å². The van der Waals surface area contributed by atoms with Crippen molar-refractivity contribution in [3.63, 3.8) is 0 Å². The summed E-state index contributed by atoms with van der Waals surface area (Å²) in [5.41, 5.74) is 4.55. The summed E-state index contributed by atoms with van der Waals surface area (Å²) >= 11 is 0. The summed E-state index contributed by atoms with van der Waals surface area (Å²) in [6, 6.07) is 11.5. The lowest BCUT2D eigenvalue weighted by Crippen LogP contribution is -2.39. The maximum atomic E-state index is 13.0. The highest BCUT2D eigenvalue weighted by Crippen LogP contribution is 2.30. The van der Waals surface area contributed by atoms with E-state index in [4.69, 9.17) is 14.2 Å². The van der Waals surface area contributed by atoms with Gasteiger partial charge < -0.3 is 14.2 Å². The molecule has 1 fully saturated rings. The van der Waals surface area contributed by atoms with Crippen molar-refractivity contribution in [2.75, 3.05) is 20.2 Å². The molecule has 4 rings (SSSR count). The number of aromatic nitrogens is 2. The largest absolute Gasteiger partial charge is 0.497 e. The van der Waals surface area contributed by atoms with Gasteiger partial charge in [0.05, 0.1) is 12.8 Å². The lowest BCUT2D eigenvalue weighted by atomic mass is 9.93. The number of rotatable bonds is 4. The Morgan fingerprint density at radius 2 is 2.10 bits per heavy atom. The van der Waals surface area contributed by atoms with Crippen LogP contribution in [0.4, 0.5) is 0 Å². The number of aryl methyl sites for hydroxylation is 2. The number of methoxy groups -OCH3 is 1. The molecule has 0 bridgehead atoms. The molecule has 6 heteroatoms. The number of hydrogen-bond acceptors (Lipinski definition) is 5. The predicted molar refractivity (Wildman–Crippen MR) is 110 cm³/mol. The van der Waals surface area contributed by atoms with Crippen LogP contribution in [0.1, 0.15) is 46.3 Å². The third kappa shape index (κ3) is 3.88. The van der Waals surface area contributed by atoms with Crippen LogP contribution in [0.5, 0.6) is 5.75 Å². The molecule has 0 saturated carbocycles. The summed E-state index contributed by atoms with van der Waals surface area (Å²) < 4.78 is 10.5. The van der Waals surface area contributed by atoms with Crippen molar-refractivity contribution in [3.05, 3.63) is 65.3 Å². The smallest absolute Gasteiger partial charge is 0.254 e.